The molecular weight excluding hydrogens is 288 g/mol. The predicted molar refractivity (Wildman–Crippen MR) is 80.9 cm³/mol. The lowest BCUT2D eigenvalue weighted by Crippen LogP contribution is -2.14. The van der Waals surface area contributed by atoms with Gasteiger partial charge in [-0.2, -0.15) is 16.7 Å². The Hall–Kier alpha value is -1.82. The first-order chi connectivity index (χ1) is 10.2. The number of hydrogen-bond donors (Lipinski definition) is 0. The van der Waals surface area contributed by atoms with E-state index in [-0.39, 0.29) is 11.9 Å². The largest absolute Gasteiger partial charge is 0.469 e. The Bertz CT molecular complexity index is 571. The zero-order valence-electron chi connectivity index (χ0n) is 12.1. The third-order valence-electron chi connectivity index (χ3n) is 2.91. The molecule has 1 heterocycles. The Morgan fingerprint density at radius 2 is 2.14 bits per heavy atom. The number of ether oxygens (including phenoxy) is 1. The normalized spacial score (nSPS) is 12.1. The van der Waals surface area contributed by atoms with Gasteiger partial charge in [-0.1, -0.05) is 42.4 Å². The number of nitrogens with zero attached hydrogens (tertiary/aromatic N) is 2. The SMILES string of the molecule is COC(=O)[C@@H](C)CSCc1nc(Cc2ccccc2)no1. The highest BCUT2D eigenvalue weighted by molar-refractivity contribution is 7.98. The average Bonchev–Trinajstić information content (AvgIpc) is 2.94. The molecule has 0 unspecified atom stereocenters. The van der Waals surface area contributed by atoms with E-state index in [1.165, 1.54) is 7.11 Å². The molecule has 0 aliphatic heterocycles. The monoisotopic (exact) mass is 306 g/mol. The fourth-order valence-electron chi connectivity index (χ4n) is 1.79. The number of aromatic nitrogens is 2. The molecule has 0 aliphatic carbocycles. The summed E-state index contributed by atoms with van der Waals surface area (Å²) in [5.74, 6) is 2.21. The van der Waals surface area contributed by atoms with Crippen molar-refractivity contribution in [2.24, 2.45) is 5.92 Å². The minimum Gasteiger partial charge on any atom is -0.469 e. The van der Waals surface area contributed by atoms with Gasteiger partial charge in [0.05, 0.1) is 18.8 Å². The first kappa shape index (κ1) is 15.6. The van der Waals surface area contributed by atoms with Gasteiger partial charge in [-0.25, -0.2) is 0 Å². The van der Waals surface area contributed by atoms with Crippen molar-refractivity contribution in [1.29, 1.82) is 0 Å². The standard InChI is InChI=1S/C15H18N2O3S/c1-11(15(18)19-2)9-21-10-14-16-13(17-20-14)8-12-6-4-3-5-7-12/h3-7,11H,8-10H2,1-2H3/t11-/m0/s1. The molecule has 21 heavy (non-hydrogen) atoms. The zero-order chi connectivity index (χ0) is 15.1. The second kappa shape index (κ2) is 7.83. The van der Waals surface area contributed by atoms with Crippen LogP contribution in [0, 0.1) is 5.92 Å². The smallest absolute Gasteiger partial charge is 0.309 e. The lowest BCUT2D eigenvalue weighted by Gasteiger charge is -2.06. The second-order valence-electron chi connectivity index (χ2n) is 4.71. The summed E-state index contributed by atoms with van der Waals surface area (Å²) in [6.45, 7) is 1.84. The Balaban J connectivity index is 1.79. The van der Waals surface area contributed by atoms with Crippen LogP contribution in [0.2, 0.25) is 0 Å². The van der Waals surface area contributed by atoms with Crippen molar-refractivity contribution in [3.05, 3.63) is 47.6 Å². The quantitative estimate of drug-likeness (QED) is 0.733. The Kier molecular flexibility index (Phi) is 5.80. The van der Waals surface area contributed by atoms with Crippen LogP contribution in [0.3, 0.4) is 0 Å². The lowest BCUT2D eigenvalue weighted by molar-refractivity contribution is -0.143. The van der Waals surface area contributed by atoms with Crippen molar-refractivity contribution < 1.29 is 14.1 Å². The van der Waals surface area contributed by atoms with E-state index in [1.54, 1.807) is 11.8 Å². The van der Waals surface area contributed by atoms with E-state index < -0.39 is 0 Å². The highest BCUT2D eigenvalue weighted by Crippen LogP contribution is 2.16. The summed E-state index contributed by atoms with van der Waals surface area (Å²) in [5.41, 5.74) is 1.15. The van der Waals surface area contributed by atoms with E-state index in [9.17, 15) is 4.79 Å². The number of carbonyl (C=O) groups is 1. The van der Waals surface area contributed by atoms with E-state index in [0.29, 0.717) is 29.6 Å². The number of thioether (sulfide) groups is 1. The van der Waals surface area contributed by atoms with Crippen LogP contribution in [0.25, 0.3) is 0 Å². The number of hydrogen-bond acceptors (Lipinski definition) is 6. The molecule has 0 amide bonds. The highest BCUT2D eigenvalue weighted by Gasteiger charge is 2.14. The number of rotatable bonds is 7. The van der Waals surface area contributed by atoms with Crippen LogP contribution in [-0.2, 0) is 21.7 Å². The van der Waals surface area contributed by atoms with Gasteiger partial charge in [-0.05, 0) is 5.56 Å². The number of methoxy groups -OCH3 is 1. The summed E-state index contributed by atoms with van der Waals surface area (Å²) in [6, 6.07) is 10.0. The molecule has 5 nitrogen and oxygen atoms in total. The first-order valence-electron chi connectivity index (χ1n) is 6.70. The molecule has 0 aliphatic rings. The van der Waals surface area contributed by atoms with Crippen LogP contribution < -0.4 is 0 Å². The van der Waals surface area contributed by atoms with E-state index in [0.717, 1.165) is 5.56 Å². The van der Waals surface area contributed by atoms with E-state index in [2.05, 4.69) is 14.9 Å². The van der Waals surface area contributed by atoms with Crippen molar-refractivity contribution in [1.82, 2.24) is 10.1 Å². The van der Waals surface area contributed by atoms with Gasteiger partial charge in [-0.3, -0.25) is 4.79 Å². The molecule has 2 rings (SSSR count). The van der Waals surface area contributed by atoms with Crippen LogP contribution >= 0.6 is 11.8 Å². The second-order valence-corrected chi connectivity index (χ2v) is 5.74. The lowest BCUT2D eigenvalue weighted by atomic mass is 10.1. The minimum absolute atomic E-state index is 0.133. The molecule has 0 saturated carbocycles. The molecule has 0 fully saturated rings. The summed E-state index contributed by atoms with van der Waals surface area (Å²) in [4.78, 5) is 15.6. The fraction of sp³-hybridized carbons (Fsp3) is 0.400. The molecule has 0 spiro atoms. The summed E-state index contributed by atoms with van der Waals surface area (Å²) >= 11 is 1.58. The molecular formula is C15H18N2O3S. The highest BCUT2D eigenvalue weighted by atomic mass is 32.2. The minimum atomic E-state index is -0.196. The van der Waals surface area contributed by atoms with Gasteiger partial charge < -0.3 is 9.26 Å². The van der Waals surface area contributed by atoms with Crippen LogP contribution in [-0.4, -0.2) is 29.0 Å². The Labute approximate surface area is 128 Å². The van der Waals surface area contributed by atoms with Gasteiger partial charge in [0.15, 0.2) is 5.82 Å². The van der Waals surface area contributed by atoms with Crippen molar-refractivity contribution in [3.8, 4) is 0 Å². The van der Waals surface area contributed by atoms with Gasteiger partial charge in [0, 0.05) is 12.2 Å². The van der Waals surface area contributed by atoms with Gasteiger partial charge in [0.2, 0.25) is 5.89 Å². The van der Waals surface area contributed by atoms with Crippen molar-refractivity contribution >= 4 is 17.7 Å². The topological polar surface area (TPSA) is 65.2 Å². The Morgan fingerprint density at radius 1 is 1.38 bits per heavy atom. The summed E-state index contributed by atoms with van der Waals surface area (Å²) in [5, 5.41) is 3.97. The number of benzene rings is 1. The summed E-state index contributed by atoms with van der Waals surface area (Å²) in [7, 11) is 1.40. The van der Waals surface area contributed by atoms with Crippen LogP contribution in [0.15, 0.2) is 34.9 Å². The molecule has 1 aromatic heterocycles. The molecule has 0 bridgehead atoms. The van der Waals surface area contributed by atoms with E-state index in [4.69, 9.17) is 4.52 Å². The van der Waals surface area contributed by atoms with Crippen molar-refractivity contribution in [2.75, 3.05) is 12.9 Å². The predicted octanol–water partition coefficient (Wildman–Crippen LogP) is 2.70. The summed E-state index contributed by atoms with van der Waals surface area (Å²) < 4.78 is 9.89. The van der Waals surface area contributed by atoms with Gasteiger partial charge >= 0.3 is 5.97 Å². The van der Waals surface area contributed by atoms with E-state index >= 15 is 0 Å². The van der Waals surface area contributed by atoms with Gasteiger partial charge in [-0.15, -0.1) is 0 Å². The molecule has 0 N–H and O–H groups in total. The van der Waals surface area contributed by atoms with Crippen LogP contribution in [0.1, 0.15) is 24.2 Å². The van der Waals surface area contributed by atoms with E-state index in [1.807, 2.05) is 37.3 Å². The fourth-order valence-corrected chi connectivity index (χ4v) is 2.69. The molecule has 0 saturated heterocycles. The first-order valence-corrected chi connectivity index (χ1v) is 7.85. The average molecular weight is 306 g/mol. The van der Waals surface area contributed by atoms with Crippen molar-refractivity contribution in [2.45, 2.75) is 19.1 Å². The third kappa shape index (κ3) is 4.90. The molecule has 0 radical (unpaired) electrons. The van der Waals surface area contributed by atoms with Gasteiger partial charge in [0.25, 0.3) is 0 Å². The van der Waals surface area contributed by atoms with Crippen LogP contribution in [0.4, 0.5) is 0 Å². The molecule has 1 aromatic carbocycles. The maximum atomic E-state index is 11.3. The maximum absolute atomic E-state index is 11.3. The maximum Gasteiger partial charge on any atom is 0.309 e. The third-order valence-corrected chi connectivity index (χ3v) is 4.10. The van der Waals surface area contributed by atoms with Gasteiger partial charge in [0.1, 0.15) is 0 Å². The summed E-state index contributed by atoms with van der Waals surface area (Å²) in [6.07, 6.45) is 0.660. The van der Waals surface area contributed by atoms with Crippen molar-refractivity contribution in [3.63, 3.8) is 0 Å². The molecule has 6 heteroatoms. The number of esters is 1. The molecule has 2 aromatic rings. The molecule has 1 atom stereocenters. The Morgan fingerprint density at radius 3 is 2.86 bits per heavy atom. The number of carbonyl (C=O) groups excluding carboxylic acids is 1. The zero-order valence-corrected chi connectivity index (χ0v) is 12.9. The van der Waals surface area contributed by atoms with Crippen LogP contribution in [0.5, 0.6) is 0 Å². The molecule has 112 valence electrons.